The zero-order chi connectivity index (χ0) is 20.5. The highest BCUT2D eigenvalue weighted by Gasteiger charge is 2.39. The normalized spacial score (nSPS) is 15.4. The van der Waals surface area contributed by atoms with Crippen LogP contribution < -0.4 is 14.8 Å². The number of fused-ring (bicyclic) bond motifs is 1. The average molecular weight is 396 g/mol. The third kappa shape index (κ3) is 5.87. The highest BCUT2D eigenvalue weighted by Crippen LogP contribution is 2.41. The third-order valence-corrected chi connectivity index (χ3v) is 9.33. The van der Waals surface area contributed by atoms with Gasteiger partial charge in [-0.05, 0) is 56.6 Å². The lowest BCUT2D eigenvalue weighted by molar-refractivity contribution is 0.0496. The number of hydrogen-bond acceptors (Lipinski definition) is 5. The highest BCUT2D eigenvalue weighted by molar-refractivity contribution is 6.74. The predicted molar refractivity (Wildman–Crippen MR) is 108 cm³/mol. The Hall–Kier alpha value is -1.73. The minimum atomic E-state index is -2.06. The van der Waals surface area contributed by atoms with Crippen LogP contribution in [0.5, 0.6) is 11.5 Å². The number of amides is 1. The SMILES string of the molecule is CC(C)(C)OC(=O)NCC(O[Si](C)(C)C(C)(C)C)c1ccc2c(c1)OCO2. The molecule has 1 amide bonds. The molecule has 0 fully saturated rings. The zero-order valence-electron chi connectivity index (χ0n) is 17.8. The molecule has 1 N–H and O–H groups in total. The van der Waals surface area contributed by atoms with Gasteiger partial charge in [0.05, 0.1) is 12.6 Å². The zero-order valence-corrected chi connectivity index (χ0v) is 18.8. The van der Waals surface area contributed by atoms with Crippen LogP contribution in [0.3, 0.4) is 0 Å². The Labute approximate surface area is 163 Å². The summed E-state index contributed by atoms with van der Waals surface area (Å²) < 4.78 is 22.9. The van der Waals surface area contributed by atoms with Crippen LogP contribution in [0, 0.1) is 0 Å². The molecule has 0 aromatic heterocycles. The van der Waals surface area contributed by atoms with E-state index in [1.807, 2.05) is 39.0 Å². The lowest BCUT2D eigenvalue weighted by Crippen LogP contribution is -2.44. The van der Waals surface area contributed by atoms with E-state index in [0.717, 1.165) is 11.3 Å². The van der Waals surface area contributed by atoms with Gasteiger partial charge in [0.2, 0.25) is 6.79 Å². The molecule has 1 heterocycles. The molecule has 1 aromatic carbocycles. The number of nitrogens with one attached hydrogen (secondary N) is 1. The molecule has 1 aromatic rings. The molecule has 2 rings (SSSR count). The van der Waals surface area contributed by atoms with Crippen molar-refractivity contribution in [1.29, 1.82) is 0 Å². The summed E-state index contributed by atoms with van der Waals surface area (Å²) in [6.07, 6.45) is -0.750. The lowest BCUT2D eigenvalue weighted by atomic mass is 10.1. The van der Waals surface area contributed by atoms with Crippen LogP contribution in [0.2, 0.25) is 18.1 Å². The molecule has 1 aliphatic heterocycles. The summed E-state index contributed by atoms with van der Waals surface area (Å²) in [7, 11) is -2.06. The summed E-state index contributed by atoms with van der Waals surface area (Å²) >= 11 is 0. The van der Waals surface area contributed by atoms with Gasteiger partial charge >= 0.3 is 6.09 Å². The maximum Gasteiger partial charge on any atom is 0.407 e. The summed E-state index contributed by atoms with van der Waals surface area (Å²) in [6, 6.07) is 5.77. The second kappa shape index (κ2) is 7.71. The fourth-order valence-electron chi connectivity index (χ4n) is 2.36. The number of alkyl carbamates (subject to hydrolysis) is 1. The molecule has 0 spiro atoms. The number of carbonyl (C=O) groups is 1. The van der Waals surface area contributed by atoms with Gasteiger partial charge in [-0.25, -0.2) is 4.79 Å². The molecule has 0 bridgehead atoms. The van der Waals surface area contributed by atoms with Gasteiger partial charge in [-0.2, -0.15) is 0 Å². The van der Waals surface area contributed by atoms with Gasteiger partial charge in [0.15, 0.2) is 19.8 Å². The second-order valence-electron chi connectivity index (χ2n) is 9.36. The molecule has 0 aliphatic carbocycles. The van der Waals surface area contributed by atoms with E-state index in [2.05, 4.69) is 39.2 Å². The fraction of sp³-hybridized carbons (Fsp3) is 0.650. The van der Waals surface area contributed by atoms with Crippen molar-refractivity contribution in [2.24, 2.45) is 0 Å². The van der Waals surface area contributed by atoms with Gasteiger partial charge in [0, 0.05) is 0 Å². The van der Waals surface area contributed by atoms with Crippen LogP contribution in [0.4, 0.5) is 4.79 Å². The molecule has 6 nitrogen and oxygen atoms in total. The van der Waals surface area contributed by atoms with Crippen molar-refractivity contribution < 1.29 is 23.4 Å². The van der Waals surface area contributed by atoms with Crippen molar-refractivity contribution >= 4 is 14.4 Å². The first kappa shape index (κ1) is 21.6. The summed E-state index contributed by atoms with van der Waals surface area (Å²) in [5, 5.41) is 2.89. The van der Waals surface area contributed by atoms with Crippen LogP contribution in [0.25, 0.3) is 0 Å². The maximum absolute atomic E-state index is 12.1. The number of rotatable bonds is 5. The number of hydrogen-bond donors (Lipinski definition) is 1. The quantitative estimate of drug-likeness (QED) is 0.711. The van der Waals surface area contributed by atoms with E-state index in [4.69, 9.17) is 18.6 Å². The van der Waals surface area contributed by atoms with Gasteiger partial charge < -0.3 is 24.0 Å². The number of ether oxygens (including phenoxy) is 3. The van der Waals surface area contributed by atoms with Gasteiger partial charge in [-0.1, -0.05) is 26.8 Å². The van der Waals surface area contributed by atoms with Crippen molar-refractivity contribution in [2.45, 2.75) is 71.4 Å². The molecule has 152 valence electrons. The van der Waals surface area contributed by atoms with Crippen molar-refractivity contribution in [3.63, 3.8) is 0 Å². The van der Waals surface area contributed by atoms with Crippen LogP contribution in [-0.2, 0) is 9.16 Å². The molecular formula is C20H33NO5Si. The minimum Gasteiger partial charge on any atom is -0.454 e. The van der Waals surface area contributed by atoms with Crippen LogP contribution in [0.15, 0.2) is 18.2 Å². The van der Waals surface area contributed by atoms with E-state index in [-0.39, 0.29) is 17.9 Å². The first-order valence-electron chi connectivity index (χ1n) is 9.33. The van der Waals surface area contributed by atoms with Gasteiger partial charge in [-0.15, -0.1) is 0 Å². The maximum atomic E-state index is 12.1. The minimum absolute atomic E-state index is 0.0491. The fourth-order valence-corrected chi connectivity index (χ4v) is 3.65. The molecule has 1 unspecified atom stereocenters. The second-order valence-corrected chi connectivity index (χ2v) is 14.1. The van der Waals surface area contributed by atoms with E-state index in [1.54, 1.807) is 0 Å². The number of benzene rings is 1. The monoisotopic (exact) mass is 395 g/mol. The molecule has 0 saturated carbocycles. The van der Waals surface area contributed by atoms with Gasteiger partial charge in [-0.3, -0.25) is 0 Å². The lowest BCUT2D eigenvalue weighted by Gasteiger charge is -2.39. The van der Waals surface area contributed by atoms with Crippen LogP contribution in [-0.4, -0.2) is 33.3 Å². The Kier molecular flexibility index (Phi) is 6.16. The largest absolute Gasteiger partial charge is 0.454 e. The topological polar surface area (TPSA) is 66.0 Å². The standard InChI is InChI=1S/C20H33NO5Si/c1-19(2,3)25-18(22)21-12-17(26-27(7,8)20(4,5)6)14-9-10-15-16(11-14)24-13-23-15/h9-11,17H,12-13H2,1-8H3,(H,21,22). The van der Waals surface area contributed by atoms with Gasteiger partial charge in [0.25, 0.3) is 0 Å². The third-order valence-electron chi connectivity index (χ3n) is 4.84. The molecular weight excluding hydrogens is 362 g/mol. The number of carbonyl (C=O) groups excluding carboxylic acids is 1. The van der Waals surface area contributed by atoms with Gasteiger partial charge in [0.1, 0.15) is 5.60 Å². The summed E-state index contributed by atoms with van der Waals surface area (Å²) in [5.41, 5.74) is 0.402. The summed E-state index contributed by atoms with van der Waals surface area (Å²) in [4.78, 5) is 12.1. The smallest absolute Gasteiger partial charge is 0.407 e. The molecule has 1 atom stereocenters. The van der Waals surface area contributed by atoms with Crippen molar-refractivity contribution in [1.82, 2.24) is 5.32 Å². The van der Waals surface area contributed by atoms with Crippen LogP contribution in [0.1, 0.15) is 53.2 Å². The van der Waals surface area contributed by atoms with E-state index < -0.39 is 20.0 Å². The van der Waals surface area contributed by atoms with E-state index in [9.17, 15) is 4.79 Å². The average Bonchev–Trinajstić information content (AvgIpc) is 2.95. The highest BCUT2D eigenvalue weighted by atomic mass is 28.4. The summed E-state index contributed by atoms with van der Waals surface area (Å²) in [5.74, 6) is 1.43. The van der Waals surface area contributed by atoms with E-state index in [0.29, 0.717) is 12.3 Å². The molecule has 7 heteroatoms. The Bertz CT molecular complexity index is 676. The summed E-state index contributed by atoms with van der Waals surface area (Å²) in [6.45, 7) is 17.0. The van der Waals surface area contributed by atoms with E-state index in [1.165, 1.54) is 0 Å². The molecule has 27 heavy (non-hydrogen) atoms. The Morgan fingerprint density at radius 2 is 1.78 bits per heavy atom. The van der Waals surface area contributed by atoms with Crippen LogP contribution >= 0.6 is 0 Å². The first-order valence-corrected chi connectivity index (χ1v) is 12.2. The Balaban J connectivity index is 2.19. The van der Waals surface area contributed by atoms with E-state index >= 15 is 0 Å². The molecule has 0 saturated heterocycles. The van der Waals surface area contributed by atoms with Crippen molar-refractivity contribution in [3.8, 4) is 11.5 Å². The molecule has 0 radical (unpaired) electrons. The molecule has 1 aliphatic rings. The predicted octanol–water partition coefficient (Wildman–Crippen LogP) is 5.00. The van der Waals surface area contributed by atoms with Crippen molar-refractivity contribution in [2.75, 3.05) is 13.3 Å². The van der Waals surface area contributed by atoms with Crippen molar-refractivity contribution in [3.05, 3.63) is 23.8 Å². The Morgan fingerprint density at radius 1 is 1.15 bits per heavy atom. The first-order chi connectivity index (χ1) is 12.3. The Morgan fingerprint density at radius 3 is 2.37 bits per heavy atom.